The van der Waals surface area contributed by atoms with Gasteiger partial charge in [-0.3, -0.25) is 0 Å². The van der Waals surface area contributed by atoms with Gasteiger partial charge in [-0.1, -0.05) is 72.6 Å². The van der Waals surface area contributed by atoms with Gasteiger partial charge in [0.2, 0.25) is 0 Å². The highest BCUT2D eigenvalue weighted by molar-refractivity contribution is 8.76. The van der Waals surface area contributed by atoms with Crippen LogP contribution in [0.5, 0.6) is 0 Å². The van der Waals surface area contributed by atoms with Gasteiger partial charge in [0.25, 0.3) is 0 Å². The Morgan fingerprint density at radius 3 is 1.50 bits per heavy atom. The van der Waals surface area contributed by atoms with Gasteiger partial charge in [-0.15, -0.1) is 0 Å². The average molecular weight is 230 g/mol. The molecule has 0 spiro atoms. The molecule has 2 heteroatoms. The van der Waals surface area contributed by atoms with E-state index in [0.29, 0.717) is 0 Å². The molecule has 0 radical (unpaired) electrons. The first-order valence-electron chi connectivity index (χ1n) is 5.46. The molecular weight excluding hydrogens is 208 g/mol. The maximum Gasteiger partial charge on any atom is 0.0217 e. The Labute approximate surface area is 97.0 Å². The summed E-state index contributed by atoms with van der Waals surface area (Å²) in [6.07, 6.45) is 14.1. The van der Waals surface area contributed by atoms with Gasteiger partial charge in [-0.05, 0) is 12.8 Å². The second kappa shape index (κ2) is 13.2. The molecule has 14 heavy (non-hydrogen) atoms. The second-order valence-corrected chi connectivity index (χ2v) is 5.64. The summed E-state index contributed by atoms with van der Waals surface area (Å²) in [7, 11) is 3.88. The summed E-state index contributed by atoms with van der Waals surface area (Å²) in [5.41, 5.74) is 0. The van der Waals surface area contributed by atoms with Crippen LogP contribution >= 0.6 is 21.6 Å². The first-order valence-corrected chi connectivity index (χ1v) is 7.95. The smallest absolute Gasteiger partial charge is 0.0217 e. The first kappa shape index (κ1) is 14.2. The van der Waals surface area contributed by atoms with Gasteiger partial charge in [0, 0.05) is 11.5 Å². The minimum absolute atomic E-state index is 1.15. The van der Waals surface area contributed by atoms with E-state index in [0.717, 1.165) is 11.5 Å². The number of hydrogen-bond donors (Lipinski definition) is 0. The molecule has 0 aromatic rings. The van der Waals surface area contributed by atoms with Gasteiger partial charge < -0.3 is 0 Å². The van der Waals surface area contributed by atoms with E-state index in [1.54, 1.807) is 0 Å². The molecule has 0 aromatic heterocycles. The van der Waals surface area contributed by atoms with Crippen LogP contribution in [0.1, 0.15) is 39.5 Å². The van der Waals surface area contributed by atoms with Gasteiger partial charge in [-0.25, -0.2) is 0 Å². The molecule has 0 nitrogen and oxygen atoms in total. The van der Waals surface area contributed by atoms with Crippen molar-refractivity contribution in [2.24, 2.45) is 0 Å². The SMILES string of the molecule is CCCC=CCSSCC=CCCC. The molecule has 0 aliphatic heterocycles. The summed E-state index contributed by atoms with van der Waals surface area (Å²) >= 11 is 0. The van der Waals surface area contributed by atoms with Crippen LogP contribution in [0.3, 0.4) is 0 Å². The molecule has 0 aliphatic carbocycles. The van der Waals surface area contributed by atoms with Crippen molar-refractivity contribution < 1.29 is 0 Å². The van der Waals surface area contributed by atoms with E-state index in [1.165, 1.54) is 25.7 Å². The zero-order valence-electron chi connectivity index (χ0n) is 9.37. The normalized spacial score (nSPS) is 11.9. The molecule has 0 saturated carbocycles. The molecule has 0 N–H and O–H groups in total. The lowest BCUT2D eigenvalue weighted by Gasteiger charge is -1.93. The Bertz CT molecular complexity index is 132. The monoisotopic (exact) mass is 230 g/mol. The van der Waals surface area contributed by atoms with Crippen molar-refractivity contribution in [1.29, 1.82) is 0 Å². The van der Waals surface area contributed by atoms with Crippen molar-refractivity contribution in [2.75, 3.05) is 11.5 Å². The minimum Gasteiger partial charge on any atom is -0.0897 e. The highest BCUT2D eigenvalue weighted by Gasteiger charge is 1.83. The third kappa shape index (κ3) is 12.2. The zero-order chi connectivity index (χ0) is 10.5. The van der Waals surface area contributed by atoms with Crippen LogP contribution in [-0.4, -0.2) is 11.5 Å². The average Bonchev–Trinajstić information content (AvgIpc) is 2.21. The molecule has 0 rings (SSSR count). The lowest BCUT2D eigenvalue weighted by atomic mass is 10.3. The van der Waals surface area contributed by atoms with E-state index in [2.05, 4.69) is 38.2 Å². The molecule has 0 atom stereocenters. The highest BCUT2D eigenvalue weighted by Crippen LogP contribution is 2.21. The minimum atomic E-state index is 1.15. The molecule has 0 unspecified atom stereocenters. The Hall–Kier alpha value is 0.180. The zero-order valence-corrected chi connectivity index (χ0v) is 11.0. The fraction of sp³-hybridized carbons (Fsp3) is 0.667. The van der Waals surface area contributed by atoms with Crippen molar-refractivity contribution in [2.45, 2.75) is 39.5 Å². The predicted octanol–water partition coefficient (Wildman–Crippen LogP) is 5.08. The summed E-state index contributed by atoms with van der Waals surface area (Å²) in [5, 5.41) is 0. The van der Waals surface area contributed by atoms with E-state index in [9.17, 15) is 0 Å². The molecule has 82 valence electrons. The summed E-state index contributed by atoms with van der Waals surface area (Å²) in [5.74, 6) is 2.29. The van der Waals surface area contributed by atoms with Crippen LogP contribution in [0, 0.1) is 0 Å². The largest absolute Gasteiger partial charge is 0.0897 e. The second-order valence-electron chi connectivity index (χ2n) is 3.09. The van der Waals surface area contributed by atoms with Crippen LogP contribution in [0.25, 0.3) is 0 Å². The Kier molecular flexibility index (Phi) is 13.3. The molecule has 0 heterocycles. The molecule has 0 aromatic carbocycles. The van der Waals surface area contributed by atoms with Gasteiger partial charge in [0.05, 0.1) is 0 Å². The van der Waals surface area contributed by atoms with Gasteiger partial charge in [0.15, 0.2) is 0 Å². The van der Waals surface area contributed by atoms with E-state index in [4.69, 9.17) is 0 Å². The van der Waals surface area contributed by atoms with Crippen molar-refractivity contribution in [1.82, 2.24) is 0 Å². The Morgan fingerprint density at radius 2 is 1.14 bits per heavy atom. The predicted molar refractivity (Wildman–Crippen MR) is 73.0 cm³/mol. The van der Waals surface area contributed by atoms with Gasteiger partial charge >= 0.3 is 0 Å². The van der Waals surface area contributed by atoms with E-state index in [-0.39, 0.29) is 0 Å². The summed E-state index contributed by atoms with van der Waals surface area (Å²) < 4.78 is 0. The lowest BCUT2D eigenvalue weighted by molar-refractivity contribution is 0.957. The third-order valence-corrected chi connectivity index (χ3v) is 3.80. The quantitative estimate of drug-likeness (QED) is 0.308. The molecule has 0 amide bonds. The number of rotatable bonds is 9. The van der Waals surface area contributed by atoms with Crippen molar-refractivity contribution >= 4 is 21.6 Å². The number of unbranched alkanes of at least 4 members (excludes halogenated alkanes) is 2. The van der Waals surface area contributed by atoms with E-state index >= 15 is 0 Å². The van der Waals surface area contributed by atoms with Crippen LogP contribution in [0.15, 0.2) is 24.3 Å². The van der Waals surface area contributed by atoms with Crippen LogP contribution in [0.2, 0.25) is 0 Å². The highest BCUT2D eigenvalue weighted by atomic mass is 33.1. The van der Waals surface area contributed by atoms with Crippen LogP contribution < -0.4 is 0 Å². The molecule has 0 bridgehead atoms. The fourth-order valence-electron chi connectivity index (χ4n) is 0.880. The van der Waals surface area contributed by atoms with Crippen LogP contribution in [0.4, 0.5) is 0 Å². The maximum absolute atomic E-state index is 2.28. The fourth-order valence-corrected chi connectivity index (χ4v) is 2.55. The molecule has 0 aliphatic rings. The summed E-state index contributed by atoms with van der Waals surface area (Å²) in [6.45, 7) is 4.43. The number of hydrogen-bond acceptors (Lipinski definition) is 2. The first-order chi connectivity index (χ1) is 6.91. The molecule has 0 fully saturated rings. The summed E-state index contributed by atoms with van der Waals surface area (Å²) in [6, 6.07) is 0. The van der Waals surface area contributed by atoms with Crippen molar-refractivity contribution in [3.05, 3.63) is 24.3 Å². The third-order valence-electron chi connectivity index (χ3n) is 1.66. The standard InChI is InChI=1S/C12H22S2/c1-3-5-7-9-11-13-14-12-10-8-6-4-2/h7-10H,3-6,11-12H2,1-2H3. The van der Waals surface area contributed by atoms with E-state index in [1.807, 2.05) is 21.6 Å². The Morgan fingerprint density at radius 1 is 0.714 bits per heavy atom. The van der Waals surface area contributed by atoms with Crippen molar-refractivity contribution in [3.63, 3.8) is 0 Å². The molecule has 0 saturated heterocycles. The maximum atomic E-state index is 2.28. The number of allylic oxidation sites excluding steroid dienone is 2. The van der Waals surface area contributed by atoms with Gasteiger partial charge in [-0.2, -0.15) is 0 Å². The lowest BCUT2D eigenvalue weighted by Crippen LogP contribution is -1.70. The topological polar surface area (TPSA) is 0 Å². The molecular formula is C12H22S2. The van der Waals surface area contributed by atoms with E-state index < -0.39 is 0 Å². The Balaban J connectivity index is 3.05. The van der Waals surface area contributed by atoms with Gasteiger partial charge in [0.1, 0.15) is 0 Å². The van der Waals surface area contributed by atoms with Crippen molar-refractivity contribution in [3.8, 4) is 0 Å². The van der Waals surface area contributed by atoms with Crippen LogP contribution in [-0.2, 0) is 0 Å². The summed E-state index contributed by atoms with van der Waals surface area (Å²) in [4.78, 5) is 0.